The summed E-state index contributed by atoms with van der Waals surface area (Å²) in [6, 6.07) is 1.49. The third-order valence-electron chi connectivity index (χ3n) is 6.51. The van der Waals surface area contributed by atoms with Gasteiger partial charge in [0.05, 0.1) is 31.6 Å². The minimum absolute atomic E-state index is 0.0662. The number of fused-ring (bicyclic) bond motifs is 1. The number of rotatable bonds is 6. The normalized spacial score (nSPS) is 24.6. The van der Waals surface area contributed by atoms with Gasteiger partial charge in [0, 0.05) is 17.0 Å². The van der Waals surface area contributed by atoms with Crippen LogP contribution in [0.3, 0.4) is 0 Å². The molecule has 2 unspecified atom stereocenters. The van der Waals surface area contributed by atoms with Gasteiger partial charge in [-0.3, -0.25) is 9.36 Å². The van der Waals surface area contributed by atoms with Crippen LogP contribution in [0.5, 0.6) is 0 Å². The topological polar surface area (TPSA) is 140 Å². The zero-order valence-electron chi connectivity index (χ0n) is 18.5. The lowest BCUT2D eigenvalue weighted by molar-refractivity contribution is -0.122. The molecule has 13 heteroatoms. The van der Waals surface area contributed by atoms with Crippen LogP contribution in [-0.4, -0.2) is 55.9 Å². The lowest BCUT2D eigenvalue weighted by Crippen LogP contribution is -2.32. The van der Waals surface area contributed by atoms with E-state index in [2.05, 4.69) is 25.6 Å². The number of benzene rings is 1. The van der Waals surface area contributed by atoms with Crippen LogP contribution in [0, 0.1) is 17.6 Å². The Labute approximate surface area is 203 Å². The van der Waals surface area contributed by atoms with Crippen LogP contribution in [0.4, 0.5) is 26.4 Å². The molecule has 2 aliphatic rings. The fourth-order valence-corrected chi connectivity index (χ4v) is 4.82. The number of anilines is 3. The Morgan fingerprint density at radius 1 is 1.17 bits per heavy atom. The van der Waals surface area contributed by atoms with E-state index in [1.54, 1.807) is 4.57 Å². The highest BCUT2D eigenvalue weighted by Crippen LogP contribution is 2.37. The van der Waals surface area contributed by atoms with Gasteiger partial charge in [0.25, 0.3) is 0 Å². The lowest BCUT2D eigenvalue weighted by atomic mass is 9.85. The molecule has 3 aromatic rings. The van der Waals surface area contributed by atoms with Crippen LogP contribution in [-0.2, 0) is 9.53 Å². The molecule has 0 bridgehead atoms. The summed E-state index contributed by atoms with van der Waals surface area (Å²) in [5.41, 5.74) is 5.94. The number of carbonyl (C=O) groups excluding carboxylic acids is 1. The molecule has 3 heterocycles. The summed E-state index contributed by atoms with van der Waals surface area (Å²) in [5.74, 6) is -1.86. The van der Waals surface area contributed by atoms with Crippen molar-refractivity contribution in [3.63, 3.8) is 0 Å². The SMILES string of the molecule is NC(=O)[C@H]1CC[C@@H](n2c(Nc3c(F)cc(Cl)cc3F)nc3cnc(NC4COCC4O)nc32)CC1. The number of imidazole rings is 1. The van der Waals surface area contributed by atoms with Gasteiger partial charge in [-0.25, -0.2) is 18.7 Å². The molecule has 0 spiro atoms. The highest BCUT2D eigenvalue weighted by molar-refractivity contribution is 6.30. The number of nitrogens with one attached hydrogen (secondary N) is 2. The Kier molecular flexibility index (Phi) is 6.43. The molecule has 2 atom stereocenters. The molecule has 5 rings (SSSR count). The number of aliphatic hydroxyl groups excluding tert-OH is 1. The summed E-state index contributed by atoms with van der Waals surface area (Å²) >= 11 is 5.76. The van der Waals surface area contributed by atoms with Crippen molar-refractivity contribution in [2.45, 2.75) is 43.9 Å². The Morgan fingerprint density at radius 3 is 2.51 bits per heavy atom. The standard InChI is InChI=1S/C22H24ClF2N7O3/c23-11-5-13(24)18(14(25)6-11)30-22-29-15-7-27-21(28-16-8-35-9-17(16)33)31-20(15)32(22)12-3-1-10(2-4-12)19(26)34/h5-7,10,12,16-17,33H,1-4,8-9H2,(H2,26,34)(H,29,30)(H,27,28,31)/t10-,12+,16?,17?. The summed E-state index contributed by atoms with van der Waals surface area (Å²) in [6.45, 7) is 0.522. The fraction of sp³-hybridized carbons (Fsp3) is 0.455. The van der Waals surface area contributed by atoms with Crippen LogP contribution in [0.2, 0.25) is 5.02 Å². The first-order valence-electron chi connectivity index (χ1n) is 11.3. The van der Waals surface area contributed by atoms with Gasteiger partial charge in [0.2, 0.25) is 17.8 Å². The molecule has 1 aromatic carbocycles. The Balaban J connectivity index is 1.54. The Morgan fingerprint density at radius 2 is 1.89 bits per heavy atom. The first-order chi connectivity index (χ1) is 16.8. The first kappa shape index (κ1) is 23.6. The first-order valence-corrected chi connectivity index (χ1v) is 11.7. The average Bonchev–Trinajstić information content (AvgIpc) is 3.38. The Hall–Kier alpha value is -3.09. The van der Waals surface area contributed by atoms with Crippen molar-refractivity contribution in [2.75, 3.05) is 23.8 Å². The molecule has 1 aliphatic carbocycles. The van der Waals surface area contributed by atoms with E-state index >= 15 is 0 Å². The molecule has 2 fully saturated rings. The maximum absolute atomic E-state index is 14.5. The van der Waals surface area contributed by atoms with E-state index in [9.17, 15) is 18.7 Å². The zero-order valence-corrected chi connectivity index (χ0v) is 19.3. The van der Waals surface area contributed by atoms with E-state index in [1.165, 1.54) is 6.20 Å². The molecule has 35 heavy (non-hydrogen) atoms. The number of nitrogens with two attached hydrogens (primary N) is 1. The van der Waals surface area contributed by atoms with E-state index in [4.69, 9.17) is 22.1 Å². The molecule has 1 saturated heterocycles. The number of amides is 1. The van der Waals surface area contributed by atoms with Gasteiger partial charge in [0.1, 0.15) is 11.2 Å². The summed E-state index contributed by atoms with van der Waals surface area (Å²) in [7, 11) is 0. The maximum atomic E-state index is 14.5. The predicted octanol–water partition coefficient (Wildman–Crippen LogP) is 2.89. The molecule has 1 saturated carbocycles. The molecule has 2 aromatic heterocycles. The van der Waals surface area contributed by atoms with Gasteiger partial charge in [0.15, 0.2) is 17.3 Å². The lowest BCUT2D eigenvalue weighted by Gasteiger charge is -2.29. The van der Waals surface area contributed by atoms with Crippen molar-refractivity contribution in [2.24, 2.45) is 11.7 Å². The number of aromatic nitrogens is 4. The molecule has 186 valence electrons. The van der Waals surface area contributed by atoms with Gasteiger partial charge in [-0.2, -0.15) is 4.98 Å². The zero-order chi connectivity index (χ0) is 24.7. The van der Waals surface area contributed by atoms with Gasteiger partial charge < -0.3 is 26.2 Å². The number of aliphatic hydroxyl groups is 1. The van der Waals surface area contributed by atoms with Crippen LogP contribution in [0.15, 0.2) is 18.3 Å². The highest BCUT2D eigenvalue weighted by atomic mass is 35.5. The van der Waals surface area contributed by atoms with Crippen molar-refractivity contribution in [3.05, 3.63) is 35.0 Å². The highest BCUT2D eigenvalue weighted by Gasteiger charge is 2.31. The van der Waals surface area contributed by atoms with E-state index in [0.717, 1.165) is 12.1 Å². The number of hydrogen-bond donors (Lipinski definition) is 4. The molecular formula is C22H24ClF2N7O3. The number of nitrogens with zero attached hydrogens (tertiary/aromatic N) is 4. The van der Waals surface area contributed by atoms with E-state index in [-0.39, 0.29) is 47.4 Å². The second-order valence-corrected chi connectivity index (χ2v) is 9.28. The minimum Gasteiger partial charge on any atom is -0.388 e. The number of hydrogen-bond acceptors (Lipinski definition) is 8. The van der Waals surface area contributed by atoms with Crippen molar-refractivity contribution < 1.29 is 23.4 Å². The van der Waals surface area contributed by atoms with E-state index in [0.29, 0.717) is 43.5 Å². The smallest absolute Gasteiger partial charge is 0.225 e. The van der Waals surface area contributed by atoms with Crippen LogP contribution < -0.4 is 16.4 Å². The van der Waals surface area contributed by atoms with Crippen LogP contribution in [0.25, 0.3) is 11.2 Å². The van der Waals surface area contributed by atoms with Crippen molar-refractivity contribution >= 4 is 46.3 Å². The van der Waals surface area contributed by atoms with Gasteiger partial charge >= 0.3 is 0 Å². The third-order valence-corrected chi connectivity index (χ3v) is 6.72. The van der Waals surface area contributed by atoms with Crippen LogP contribution >= 0.6 is 11.6 Å². The van der Waals surface area contributed by atoms with Crippen LogP contribution in [0.1, 0.15) is 31.7 Å². The van der Waals surface area contributed by atoms with E-state index < -0.39 is 23.4 Å². The predicted molar refractivity (Wildman–Crippen MR) is 124 cm³/mol. The monoisotopic (exact) mass is 507 g/mol. The van der Waals surface area contributed by atoms with Gasteiger partial charge in [-0.1, -0.05) is 11.6 Å². The summed E-state index contributed by atoms with van der Waals surface area (Å²) in [4.78, 5) is 25.0. The number of ether oxygens (including phenoxy) is 1. The average molecular weight is 508 g/mol. The van der Waals surface area contributed by atoms with Crippen molar-refractivity contribution in [1.82, 2.24) is 19.5 Å². The molecular weight excluding hydrogens is 484 g/mol. The molecule has 1 aliphatic heterocycles. The summed E-state index contributed by atoms with van der Waals surface area (Å²) in [6.07, 6.45) is 3.15. The second-order valence-electron chi connectivity index (χ2n) is 8.84. The number of carbonyl (C=O) groups is 1. The fourth-order valence-electron chi connectivity index (χ4n) is 4.63. The molecule has 0 radical (unpaired) electrons. The molecule has 1 amide bonds. The Bertz CT molecular complexity index is 1240. The number of primary amides is 1. The quantitative estimate of drug-likeness (QED) is 0.399. The minimum atomic E-state index is -0.866. The molecule has 5 N–H and O–H groups in total. The second kappa shape index (κ2) is 9.51. The van der Waals surface area contributed by atoms with Gasteiger partial charge in [-0.05, 0) is 37.8 Å². The molecule has 10 nitrogen and oxygen atoms in total. The summed E-state index contributed by atoms with van der Waals surface area (Å²) in [5, 5.41) is 15.8. The third kappa shape index (κ3) is 4.73. The van der Waals surface area contributed by atoms with Crippen molar-refractivity contribution in [3.8, 4) is 0 Å². The van der Waals surface area contributed by atoms with Crippen molar-refractivity contribution in [1.29, 1.82) is 0 Å². The largest absolute Gasteiger partial charge is 0.388 e. The van der Waals surface area contributed by atoms with Gasteiger partial charge in [-0.15, -0.1) is 0 Å². The number of halogens is 3. The summed E-state index contributed by atoms with van der Waals surface area (Å²) < 4.78 is 36.1. The maximum Gasteiger partial charge on any atom is 0.225 e. The van der Waals surface area contributed by atoms with E-state index in [1.807, 2.05) is 0 Å².